The lowest BCUT2D eigenvalue weighted by molar-refractivity contribution is 0.805. The van der Waals surface area contributed by atoms with Crippen molar-refractivity contribution in [3.63, 3.8) is 0 Å². The number of nitrogens with one attached hydrogen (secondary N) is 1. The molecule has 0 aromatic heterocycles. The Morgan fingerprint density at radius 1 is 1.00 bits per heavy atom. The average Bonchev–Trinajstić information content (AvgIpc) is 2.82. The van der Waals surface area contributed by atoms with E-state index in [-0.39, 0.29) is 5.50 Å². The standard InChI is InChI=1S/C15H17N3S/c1-12-7-9-13(10-8-12)17-11-16-15(19)18(17)14-5-3-2-4-6-14/h2-10,15-16,19H,11H2,1H3. The minimum atomic E-state index is -0.0105. The first kappa shape index (κ1) is 12.4. The van der Waals surface area contributed by atoms with E-state index in [1.165, 1.54) is 11.3 Å². The number of anilines is 2. The van der Waals surface area contributed by atoms with E-state index in [1.54, 1.807) is 0 Å². The highest BCUT2D eigenvalue weighted by molar-refractivity contribution is 7.81. The fourth-order valence-corrected chi connectivity index (χ4v) is 2.60. The third-order valence-electron chi connectivity index (χ3n) is 3.27. The molecule has 1 atom stereocenters. The van der Waals surface area contributed by atoms with Crippen molar-refractivity contribution in [1.29, 1.82) is 0 Å². The van der Waals surface area contributed by atoms with Crippen LogP contribution in [0.2, 0.25) is 0 Å². The van der Waals surface area contributed by atoms with Crippen LogP contribution in [0.1, 0.15) is 5.56 Å². The average molecular weight is 271 g/mol. The molecular formula is C15H17N3S. The maximum Gasteiger partial charge on any atom is 0.146 e. The van der Waals surface area contributed by atoms with Crippen LogP contribution >= 0.6 is 12.6 Å². The van der Waals surface area contributed by atoms with Gasteiger partial charge >= 0.3 is 0 Å². The van der Waals surface area contributed by atoms with Gasteiger partial charge in [0.05, 0.1) is 18.0 Å². The minimum Gasteiger partial charge on any atom is -0.269 e. The van der Waals surface area contributed by atoms with Gasteiger partial charge in [0, 0.05) is 0 Å². The number of hydrazine groups is 1. The van der Waals surface area contributed by atoms with Crippen molar-refractivity contribution in [3.05, 3.63) is 60.2 Å². The van der Waals surface area contributed by atoms with Crippen molar-refractivity contribution < 1.29 is 0 Å². The first-order valence-electron chi connectivity index (χ1n) is 6.35. The lowest BCUT2D eigenvalue weighted by Gasteiger charge is -2.32. The molecule has 0 spiro atoms. The van der Waals surface area contributed by atoms with Crippen LogP contribution < -0.4 is 15.3 Å². The fourth-order valence-electron chi connectivity index (χ4n) is 2.26. The van der Waals surface area contributed by atoms with Crippen LogP contribution in [0, 0.1) is 6.92 Å². The molecule has 0 saturated carbocycles. The largest absolute Gasteiger partial charge is 0.269 e. The predicted molar refractivity (Wildman–Crippen MR) is 83.4 cm³/mol. The molecule has 1 saturated heterocycles. The second kappa shape index (κ2) is 5.15. The normalized spacial score (nSPS) is 18.9. The van der Waals surface area contributed by atoms with E-state index in [2.05, 4.69) is 71.3 Å². The Kier molecular flexibility index (Phi) is 3.36. The topological polar surface area (TPSA) is 18.5 Å². The number of thiol groups is 1. The molecule has 3 nitrogen and oxygen atoms in total. The van der Waals surface area contributed by atoms with Gasteiger partial charge in [-0.2, -0.15) is 0 Å². The van der Waals surface area contributed by atoms with Crippen molar-refractivity contribution in [3.8, 4) is 0 Å². The molecule has 0 amide bonds. The summed E-state index contributed by atoms with van der Waals surface area (Å²) in [7, 11) is 0. The second-order valence-corrected chi connectivity index (χ2v) is 5.14. The molecule has 98 valence electrons. The molecule has 0 aliphatic carbocycles. The molecule has 2 aromatic rings. The zero-order chi connectivity index (χ0) is 13.2. The lowest BCUT2D eigenvalue weighted by atomic mass is 10.2. The summed E-state index contributed by atoms with van der Waals surface area (Å²) in [5.74, 6) is 0. The molecule has 1 N–H and O–H groups in total. The summed E-state index contributed by atoms with van der Waals surface area (Å²) in [6.45, 7) is 2.86. The number of aryl methyl sites for hydroxylation is 1. The van der Waals surface area contributed by atoms with E-state index >= 15 is 0 Å². The number of benzene rings is 2. The van der Waals surface area contributed by atoms with Crippen molar-refractivity contribution in [2.24, 2.45) is 0 Å². The van der Waals surface area contributed by atoms with E-state index in [1.807, 2.05) is 18.2 Å². The highest BCUT2D eigenvalue weighted by atomic mass is 32.1. The molecule has 2 aromatic carbocycles. The van der Waals surface area contributed by atoms with Crippen LogP contribution in [0.15, 0.2) is 54.6 Å². The number of nitrogens with zero attached hydrogens (tertiary/aromatic N) is 2. The molecule has 19 heavy (non-hydrogen) atoms. The van der Waals surface area contributed by atoms with E-state index in [9.17, 15) is 0 Å². The quantitative estimate of drug-likeness (QED) is 0.819. The van der Waals surface area contributed by atoms with E-state index in [4.69, 9.17) is 0 Å². The van der Waals surface area contributed by atoms with Crippen molar-refractivity contribution in [2.75, 3.05) is 16.7 Å². The Morgan fingerprint density at radius 3 is 2.37 bits per heavy atom. The molecule has 4 heteroatoms. The molecule has 0 radical (unpaired) electrons. The summed E-state index contributed by atoms with van der Waals surface area (Å²) in [5, 5.41) is 7.71. The van der Waals surface area contributed by atoms with Gasteiger partial charge in [-0.1, -0.05) is 35.9 Å². The van der Waals surface area contributed by atoms with Gasteiger partial charge in [0.15, 0.2) is 0 Å². The lowest BCUT2D eigenvalue weighted by Crippen LogP contribution is -2.40. The van der Waals surface area contributed by atoms with E-state index < -0.39 is 0 Å². The van der Waals surface area contributed by atoms with Crippen LogP contribution in [0.5, 0.6) is 0 Å². The molecule has 1 unspecified atom stereocenters. The smallest absolute Gasteiger partial charge is 0.146 e. The SMILES string of the molecule is Cc1ccc(N2CNC(S)N2c2ccccc2)cc1. The molecule has 3 rings (SSSR count). The highest BCUT2D eigenvalue weighted by Crippen LogP contribution is 2.28. The van der Waals surface area contributed by atoms with E-state index in [0.717, 1.165) is 12.4 Å². The monoisotopic (exact) mass is 271 g/mol. The molecular weight excluding hydrogens is 254 g/mol. The van der Waals surface area contributed by atoms with Crippen molar-refractivity contribution in [1.82, 2.24) is 5.32 Å². The Bertz CT molecular complexity index is 541. The van der Waals surface area contributed by atoms with Crippen LogP contribution in [-0.2, 0) is 0 Å². The summed E-state index contributed by atoms with van der Waals surface area (Å²) in [6.07, 6.45) is 0. The van der Waals surface area contributed by atoms with Gasteiger partial charge in [0.2, 0.25) is 0 Å². The van der Waals surface area contributed by atoms with Crippen LogP contribution in [-0.4, -0.2) is 12.2 Å². The maximum absolute atomic E-state index is 4.60. The second-order valence-electron chi connectivity index (χ2n) is 4.65. The summed E-state index contributed by atoms with van der Waals surface area (Å²) in [5.41, 5.74) is 3.56. The Hall–Kier alpha value is -1.65. The Labute approximate surface area is 119 Å². The fraction of sp³-hybridized carbons (Fsp3) is 0.200. The van der Waals surface area contributed by atoms with Crippen LogP contribution in [0.4, 0.5) is 11.4 Å². The third-order valence-corrected chi connectivity index (χ3v) is 3.67. The van der Waals surface area contributed by atoms with Gasteiger partial charge in [-0.3, -0.25) is 15.3 Å². The Balaban J connectivity index is 1.94. The van der Waals surface area contributed by atoms with Gasteiger partial charge in [0.25, 0.3) is 0 Å². The highest BCUT2D eigenvalue weighted by Gasteiger charge is 2.29. The molecule has 0 bridgehead atoms. The van der Waals surface area contributed by atoms with Crippen LogP contribution in [0.25, 0.3) is 0 Å². The maximum atomic E-state index is 4.60. The summed E-state index contributed by atoms with van der Waals surface area (Å²) in [6, 6.07) is 18.8. The number of hydrogen-bond acceptors (Lipinski definition) is 4. The van der Waals surface area contributed by atoms with Gasteiger partial charge in [-0.25, -0.2) is 0 Å². The molecule has 1 fully saturated rings. The number of rotatable bonds is 2. The molecule has 1 heterocycles. The summed E-state index contributed by atoms with van der Waals surface area (Å²) in [4.78, 5) is 0. The zero-order valence-corrected chi connectivity index (χ0v) is 11.7. The zero-order valence-electron chi connectivity index (χ0n) is 10.8. The van der Waals surface area contributed by atoms with Crippen molar-refractivity contribution in [2.45, 2.75) is 12.4 Å². The Morgan fingerprint density at radius 2 is 1.68 bits per heavy atom. The number of hydrogen-bond donors (Lipinski definition) is 2. The van der Waals surface area contributed by atoms with Crippen LogP contribution in [0.3, 0.4) is 0 Å². The first-order chi connectivity index (χ1) is 9.25. The predicted octanol–water partition coefficient (Wildman–Crippen LogP) is 3.00. The molecule has 1 aliphatic heterocycles. The van der Waals surface area contributed by atoms with E-state index in [0.29, 0.717) is 0 Å². The third kappa shape index (κ3) is 2.41. The summed E-state index contributed by atoms with van der Waals surface area (Å²) >= 11 is 4.60. The van der Waals surface area contributed by atoms with Gasteiger partial charge in [-0.15, -0.1) is 12.6 Å². The van der Waals surface area contributed by atoms with Gasteiger partial charge in [-0.05, 0) is 31.2 Å². The minimum absolute atomic E-state index is 0.0105. The summed E-state index contributed by atoms with van der Waals surface area (Å²) < 4.78 is 0. The van der Waals surface area contributed by atoms with Gasteiger partial charge < -0.3 is 0 Å². The molecule has 1 aliphatic rings. The number of para-hydroxylation sites is 1. The van der Waals surface area contributed by atoms with Gasteiger partial charge in [0.1, 0.15) is 5.50 Å². The first-order valence-corrected chi connectivity index (χ1v) is 6.87. The van der Waals surface area contributed by atoms with Crippen molar-refractivity contribution >= 4 is 24.0 Å².